The number of nitrogens with one attached hydrogen (secondary N) is 2. The molecule has 0 unspecified atom stereocenters. The summed E-state index contributed by atoms with van der Waals surface area (Å²) >= 11 is 1.35. The average Bonchev–Trinajstić information content (AvgIpc) is 3.09. The van der Waals surface area contributed by atoms with E-state index in [-0.39, 0.29) is 11.6 Å². The highest BCUT2D eigenvalue weighted by atomic mass is 32.1. The number of carbonyl (C=O) groups excluding carboxylic acids is 2. The zero-order valence-corrected chi connectivity index (χ0v) is 17.1. The van der Waals surface area contributed by atoms with Gasteiger partial charge in [0, 0.05) is 18.5 Å². The Hall–Kier alpha value is -2.41. The Kier molecular flexibility index (Phi) is 7.79. The Morgan fingerprint density at radius 2 is 1.89 bits per heavy atom. The first-order valence-corrected chi connectivity index (χ1v) is 9.96. The van der Waals surface area contributed by atoms with Gasteiger partial charge in [-0.1, -0.05) is 43.7 Å². The van der Waals surface area contributed by atoms with Gasteiger partial charge in [0.15, 0.2) is 16.9 Å². The van der Waals surface area contributed by atoms with E-state index in [0.717, 1.165) is 24.1 Å². The van der Waals surface area contributed by atoms with Crippen LogP contribution in [0, 0.1) is 12.8 Å². The molecular formula is C20H27N3O3S. The molecule has 146 valence electrons. The van der Waals surface area contributed by atoms with Crippen molar-refractivity contribution in [2.24, 2.45) is 5.92 Å². The van der Waals surface area contributed by atoms with Gasteiger partial charge in [0.1, 0.15) is 0 Å². The van der Waals surface area contributed by atoms with Crippen molar-refractivity contribution in [2.45, 2.75) is 46.8 Å². The van der Waals surface area contributed by atoms with Crippen molar-refractivity contribution in [3.05, 3.63) is 46.5 Å². The number of carbonyl (C=O) groups is 2. The van der Waals surface area contributed by atoms with Gasteiger partial charge in [-0.15, -0.1) is 11.3 Å². The van der Waals surface area contributed by atoms with Crippen LogP contribution in [-0.2, 0) is 16.1 Å². The van der Waals surface area contributed by atoms with Crippen molar-refractivity contribution in [2.75, 3.05) is 11.9 Å². The minimum Gasteiger partial charge on any atom is -0.448 e. The summed E-state index contributed by atoms with van der Waals surface area (Å²) in [5.74, 6) is -0.336. The van der Waals surface area contributed by atoms with E-state index in [1.54, 1.807) is 12.3 Å². The number of rotatable bonds is 9. The first kappa shape index (κ1) is 20.9. The molecule has 0 aliphatic heterocycles. The first-order valence-electron chi connectivity index (χ1n) is 9.08. The predicted octanol–water partition coefficient (Wildman–Crippen LogP) is 3.77. The van der Waals surface area contributed by atoms with Crippen LogP contribution in [0.2, 0.25) is 0 Å². The molecule has 0 radical (unpaired) electrons. The van der Waals surface area contributed by atoms with E-state index in [1.165, 1.54) is 11.3 Å². The van der Waals surface area contributed by atoms with Gasteiger partial charge in [0.25, 0.3) is 5.91 Å². The zero-order chi connectivity index (χ0) is 19.8. The summed E-state index contributed by atoms with van der Waals surface area (Å²) < 4.78 is 5.23. The number of thiazole rings is 1. The van der Waals surface area contributed by atoms with Crippen molar-refractivity contribution in [1.82, 2.24) is 10.3 Å². The summed E-state index contributed by atoms with van der Waals surface area (Å²) in [6.07, 6.45) is 0.138. The predicted molar refractivity (Wildman–Crippen MR) is 108 cm³/mol. The Bertz CT molecular complexity index is 756. The van der Waals surface area contributed by atoms with E-state index < -0.39 is 12.1 Å². The lowest BCUT2D eigenvalue weighted by atomic mass is 10.1. The lowest BCUT2D eigenvalue weighted by molar-refractivity contribution is -0.129. The second-order valence-corrected chi connectivity index (χ2v) is 7.76. The highest BCUT2D eigenvalue weighted by Gasteiger charge is 2.20. The number of amides is 1. The number of aromatic nitrogens is 1. The van der Waals surface area contributed by atoms with Crippen molar-refractivity contribution in [1.29, 1.82) is 0 Å². The molecule has 0 saturated carbocycles. The second-order valence-electron chi connectivity index (χ2n) is 6.90. The van der Waals surface area contributed by atoms with Crippen LogP contribution in [0.15, 0.2) is 29.6 Å². The van der Waals surface area contributed by atoms with E-state index in [2.05, 4.69) is 29.5 Å². The highest BCUT2D eigenvalue weighted by Crippen LogP contribution is 2.17. The number of benzene rings is 1. The Balaban J connectivity index is 1.79. The number of hydrogen-bond acceptors (Lipinski definition) is 6. The number of anilines is 1. The normalized spacial score (nSPS) is 11.9. The van der Waals surface area contributed by atoms with Gasteiger partial charge in [0.05, 0.1) is 0 Å². The van der Waals surface area contributed by atoms with Gasteiger partial charge in [-0.3, -0.25) is 4.79 Å². The Labute approximate surface area is 164 Å². The third-order valence-electron chi connectivity index (χ3n) is 3.95. The molecular weight excluding hydrogens is 362 g/mol. The van der Waals surface area contributed by atoms with Crippen LogP contribution in [0.25, 0.3) is 0 Å². The minimum atomic E-state index is -0.887. The molecule has 1 aromatic heterocycles. The lowest BCUT2D eigenvalue weighted by Gasteiger charge is -2.13. The molecule has 2 N–H and O–H groups in total. The highest BCUT2D eigenvalue weighted by molar-refractivity contribution is 7.13. The summed E-state index contributed by atoms with van der Waals surface area (Å²) in [5.41, 5.74) is 2.36. The molecule has 0 bridgehead atoms. The van der Waals surface area contributed by atoms with Crippen molar-refractivity contribution in [3.63, 3.8) is 0 Å². The molecule has 1 amide bonds. The van der Waals surface area contributed by atoms with E-state index in [0.29, 0.717) is 17.6 Å². The van der Waals surface area contributed by atoms with Crippen molar-refractivity contribution in [3.8, 4) is 0 Å². The largest absolute Gasteiger partial charge is 0.448 e. The number of hydrogen-bond donors (Lipinski definition) is 2. The molecule has 0 aliphatic carbocycles. The summed E-state index contributed by atoms with van der Waals surface area (Å²) in [5, 5.41) is 8.28. The van der Waals surface area contributed by atoms with Gasteiger partial charge >= 0.3 is 5.97 Å². The SMILES string of the molecule is Cc1ccc(CNC(=O)[C@H](C)OC(=O)c2csc(NCCC(C)C)n2)cc1. The van der Waals surface area contributed by atoms with Gasteiger partial charge < -0.3 is 15.4 Å². The van der Waals surface area contributed by atoms with Gasteiger partial charge in [-0.05, 0) is 31.7 Å². The van der Waals surface area contributed by atoms with Crippen LogP contribution in [0.1, 0.15) is 48.8 Å². The number of ether oxygens (including phenoxy) is 1. The standard InChI is InChI=1S/C20H27N3O3S/c1-13(2)9-10-21-20-23-17(12-27-20)19(25)26-15(4)18(24)22-11-16-7-5-14(3)6-8-16/h5-8,12-13,15H,9-11H2,1-4H3,(H,21,23)(H,22,24)/t15-/m0/s1. The molecule has 0 spiro atoms. The molecule has 2 rings (SSSR count). The van der Waals surface area contributed by atoms with E-state index in [1.807, 2.05) is 31.2 Å². The number of esters is 1. The minimum absolute atomic E-state index is 0.213. The molecule has 2 aromatic rings. The lowest BCUT2D eigenvalue weighted by Crippen LogP contribution is -2.35. The fourth-order valence-electron chi connectivity index (χ4n) is 2.23. The molecule has 0 saturated heterocycles. The summed E-state index contributed by atoms with van der Waals surface area (Å²) in [4.78, 5) is 28.5. The third-order valence-corrected chi connectivity index (χ3v) is 4.75. The fraction of sp³-hybridized carbons (Fsp3) is 0.450. The van der Waals surface area contributed by atoms with E-state index >= 15 is 0 Å². The summed E-state index contributed by atoms with van der Waals surface area (Å²) in [7, 11) is 0. The van der Waals surface area contributed by atoms with Crippen LogP contribution in [0.4, 0.5) is 5.13 Å². The summed E-state index contributed by atoms with van der Waals surface area (Å²) in [6.45, 7) is 9.05. The molecule has 7 heteroatoms. The molecule has 0 fully saturated rings. The van der Waals surface area contributed by atoms with E-state index in [4.69, 9.17) is 4.74 Å². The zero-order valence-electron chi connectivity index (χ0n) is 16.2. The quantitative estimate of drug-likeness (QED) is 0.638. The molecule has 1 aromatic carbocycles. The van der Waals surface area contributed by atoms with Crippen LogP contribution in [0.3, 0.4) is 0 Å². The molecule has 27 heavy (non-hydrogen) atoms. The Morgan fingerprint density at radius 1 is 1.19 bits per heavy atom. The van der Waals surface area contributed by atoms with Crippen LogP contribution in [-0.4, -0.2) is 29.5 Å². The summed E-state index contributed by atoms with van der Waals surface area (Å²) in [6, 6.07) is 7.88. The topological polar surface area (TPSA) is 80.3 Å². The maximum Gasteiger partial charge on any atom is 0.358 e. The van der Waals surface area contributed by atoms with Gasteiger partial charge in [0.2, 0.25) is 0 Å². The Morgan fingerprint density at radius 3 is 2.56 bits per heavy atom. The number of aryl methyl sites for hydroxylation is 1. The van der Waals surface area contributed by atoms with E-state index in [9.17, 15) is 9.59 Å². The second kappa shape index (κ2) is 10.1. The van der Waals surface area contributed by atoms with Crippen LogP contribution >= 0.6 is 11.3 Å². The molecule has 1 atom stereocenters. The average molecular weight is 390 g/mol. The first-order chi connectivity index (χ1) is 12.8. The maximum absolute atomic E-state index is 12.2. The molecule has 1 heterocycles. The monoisotopic (exact) mass is 389 g/mol. The molecule has 6 nitrogen and oxygen atoms in total. The smallest absolute Gasteiger partial charge is 0.358 e. The van der Waals surface area contributed by atoms with Crippen molar-refractivity contribution >= 4 is 28.3 Å². The third kappa shape index (κ3) is 7.02. The van der Waals surface area contributed by atoms with Crippen LogP contribution < -0.4 is 10.6 Å². The maximum atomic E-state index is 12.2. The fourth-order valence-corrected chi connectivity index (χ4v) is 2.94. The molecule has 0 aliphatic rings. The van der Waals surface area contributed by atoms with Crippen LogP contribution in [0.5, 0.6) is 0 Å². The van der Waals surface area contributed by atoms with Gasteiger partial charge in [-0.25, -0.2) is 9.78 Å². The number of nitrogens with zero attached hydrogens (tertiary/aromatic N) is 1. The van der Waals surface area contributed by atoms with Crippen molar-refractivity contribution < 1.29 is 14.3 Å². The van der Waals surface area contributed by atoms with Gasteiger partial charge in [-0.2, -0.15) is 0 Å².